The lowest BCUT2D eigenvalue weighted by Gasteiger charge is -2.14. The molecule has 2 N–H and O–H groups in total. The first-order valence-electron chi connectivity index (χ1n) is 9.07. The molecule has 5 nitrogen and oxygen atoms in total. The van der Waals surface area contributed by atoms with Crippen molar-refractivity contribution in [1.82, 2.24) is 0 Å². The first-order valence-corrected chi connectivity index (χ1v) is 9.07. The zero-order valence-corrected chi connectivity index (χ0v) is 16.2. The van der Waals surface area contributed by atoms with E-state index in [9.17, 15) is 4.79 Å². The van der Waals surface area contributed by atoms with E-state index in [-0.39, 0.29) is 12.5 Å². The van der Waals surface area contributed by atoms with E-state index < -0.39 is 0 Å². The summed E-state index contributed by atoms with van der Waals surface area (Å²) in [5, 5.41) is 5.99. The maximum absolute atomic E-state index is 12.3. The Balaban J connectivity index is 1.85. The third-order valence-corrected chi connectivity index (χ3v) is 3.53. The van der Waals surface area contributed by atoms with Gasteiger partial charge in [0.25, 0.3) is 0 Å². The van der Waals surface area contributed by atoms with Gasteiger partial charge in [-0.3, -0.25) is 4.79 Å². The van der Waals surface area contributed by atoms with Crippen LogP contribution in [0.3, 0.4) is 0 Å². The molecule has 0 aliphatic heterocycles. The average molecular weight is 368 g/mol. The zero-order chi connectivity index (χ0) is 19.6. The highest BCUT2D eigenvalue weighted by Gasteiger charge is 2.08. The lowest BCUT2D eigenvalue weighted by Crippen LogP contribution is -2.22. The molecule has 2 rings (SSSR count). The highest BCUT2D eigenvalue weighted by atomic mass is 16.5. The Morgan fingerprint density at radius 3 is 2.44 bits per heavy atom. The van der Waals surface area contributed by atoms with Crippen LogP contribution in [0.25, 0.3) is 0 Å². The number of carbonyl (C=O) groups excluding carboxylic acids is 1. The van der Waals surface area contributed by atoms with E-state index in [0.29, 0.717) is 30.6 Å². The van der Waals surface area contributed by atoms with Crippen molar-refractivity contribution >= 4 is 17.3 Å². The van der Waals surface area contributed by atoms with Crippen LogP contribution in [0.1, 0.15) is 20.8 Å². The molecule has 0 fully saturated rings. The minimum atomic E-state index is -0.141. The molecule has 0 radical (unpaired) electrons. The summed E-state index contributed by atoms with van der Waals surface area (Å²) in [5.74, 6) is 1.72. The maximum Gasteiger partial charge on any atom is 0.243 e. The van der Waals surface area contributed by atoms with Crippen molar-refractivity contribution in [3.8, 4) is 11.5 Å². The second kappa shape index (κ2) is 10.3. The topological polar surface area (TPSA) is 59.6 Å². The van der Waals surface area contributed by atoms with Gasteiger partial charge in [-0.05, 0) is 54.8 Å². The van der Waals surface area contributed by atoms with E-state index in [2.05, 4.69) is 31.1 Å². The molecule has 144 valence electrons. The number of hydrogen-bond acceptors (Lipinski definition) is 4. The molecule has 0 aromatic heterocycles. The number of anilines is 2. The highest BCUT2D eigenvalue weighted by Crippen LogP contribution is 2.24. The van der Waals surface area contributed by atoms with Crippen LogP contribution in [-0.4, -0.2) is 25.7 Å². The van der Waals surface area contributed by atoms with E-state index in [4.69, 9.17) is 9.47 Å². The highest BCUT2D eigenvalue weighted by molar-refractivity contribution is 5.95. The third-order valence-electron chi connectivity index (χ3n) is 3.53. The van der Waals surface area contributed by atoms with Gasteiger partial charge in [0.15, 0.2) is 0 Å². The Kier molecular flexibility index (Phi) is 7.74. The van der Waals surface area contributed by atoms with Crippen LogP contribution in [0.15, 0.2) is 60.7 Å². The van der Waals surface area contributed by atoms with Gasteiger partial charge in [-0.2, -0.15) is 0 Å². The van der Waals surface area contributed by atoms with E-state index in [1.165, 1.54) is 0 Å². The van der Waals surface area contributed by atoms with Gasteiger partial charge in [-0.15, -0.1) is 0 Å². The van der Waals surface area contributed by atoms with Gasteiger partial charge >= 0.3 is 0 Å². The molecule has 0 saturated heterocycles. The standard InChI is InChI=1S/C22H28N2O3/c1-16(2)14-26-19-11-9-18(10-12-19)23-13-22(25)24-20-7-5-6-8-21(20)27-15-17(3)4/h5-12,17,23H,1,13-15H2,2-4H3,(H,24,25). The molecule has 1 amide bonds. The maximum atomic E-state index is 12.3. The third kappa shape index (κ3) is 7.44. The Morgan fingerprint density at radius 1 is 1.07 bits per heavy atom. The van der Waals surface area contributed by atoms with E-state index in [1.54, 1.807) is 0 Å². The molecule has 0 aliphatic rings. The van der Waals surface area contributed by atoms with Gasteiger partial charge in [0.05, 0.1) is 18.8 Å². The Labute approximate surface area is 161 Å². The molecule has 0 saturated carbocycles. The monoisotopic (exact) mass is 368 g/mol. The lowest BCUT2D eigenvalue weighted by molar-refractivity contribution is -0.114. The van der Waals surface area contributed by atoms with Gasteiger partial charge in [-0.1, -0.05) is 32.6 Å². The van der Waals surface area contributed by atoms with Crippen LogP contribution < -0.4 is 20.1 Å². The molecule has 27 heavy (non-hydrogen) atoms. The van der Waals surface area contributed by atoms with Crippen molar-refractivity contribution in [2.45, 2.75) is 20.8 Å². The van der Waals surface area contributed by atoms with Crippen LogP contribution in [0.5, 0.6) is 11.5 Å². The quantitative estimate of drug-likeness (QED) is 0.596. The van der Waals surface area contributed by atoms with Gasteiger partial charge in [0.1, 0.15) is 18.1 Å². The molecule has 0 bridgehead atoms. The minimum absolute atomic E-state index is 0.141. The van der Waals surface area contributed by atoms with Crippen molar-refractivity contribution in [1.29, 1.82) is 0 Å². The van der Waals surface area contributed by atoms with Crippen LogP contribution in [-0.2, 0) is 4.79 Å². The normalized spacial score (nSPS) is 10.4. The summed E-state index contributed by atoms with van der Waals surface area (Å²) in [6.07, 6.45) is 0. The number of para-hydroxylation sites is 2. The Bertz CT molecular complexity index is 754. The molecule has 2 aromatic rings. The molecule has 0 unspecified atom stereocenters. The molecule has 2 aromatic carbocycles. The molecule has 0 heterocycles. The van der Waals surface area contributed by atoms with Gasteiger partial charge < -0.3 is 20.1 Å². The summed E-state index contributed by atoms with van der Waals surface area (Å²) >= 11 is 0. The van der Waals surface area contributed by atoms with Crippen LogP contribution in [0.4, 0.5) is 11.4 Å². The summed E-state index contributed by atoms with van der Waals surface area (Å²) < 4.78 is 11.3. The van der Waals surface area contributed by atoms with Crippen molar-refractivity contribution in [2.24, 2.45) is 5.92 Å². The van der Waals surface area contributed by atoms with E-state index in [1.807, 2.05) is 55.5 Å². The summed E-state index contributed by atoms with van der Waals surface area (Å²) in [5.41, 5.74) is 2.48. The van der Waals surface area contributed by atoms with Crippen LogP contribution in [0.2, 0.25) is 0 Å². The summed E-state index contributed by atoms with van der Waals surface area (Å²) in [6.45, 7) is 11.1. The SMILES string of the molecule is C=C(C)COc1ccc(NCC(=O)Nc2ccccc2OCC(C)C)cc1. The first kappa shape index (κ1) is 20.4. The van der Waals surface area contributed by atoms with Crippen molar-refractivity contribution < 1.29 is 14.3 Å². The molecule has 0 spiro atoms. The van der Waals surface area contributed by atoms with Crippen molar-refractivity contribution in [2.75, 3.05) is 30.4 Å². The fourth-order valence-corrected chi connectivity index (χ4v) is 2.20. The van der Waals surface area contributed by atoms with Gasteiger partial charge in [-0.25, -0.2) is 0 Å². The Hall–Kier alpha value is -2.95. The summed E-state index contributed by atoms with van der Waals surface area (Å²) in [4.78, 5) is 12.3. The van der Waals surface area contributed by atoms with Gasteiger partial charge in [0.2, 0.25) is 5.91 Å². The Morgan fingerprint density at radius 2 is 1.78 bits per heavy atom. The number of benzene rings is 2. The number of carbonyl (C=O) groups is 1. The second-order valence-electron chi connectivity index (χ2n) is 6.87. The largest absolute Gasteiger partial charge is 0.491 e. The van der Waals surface area contributed by atoms with E-state index >= 15 is 0 Å². The van der Waals surface area contributed by atoms with E-state index in [0.717, 1.165) is 17.0 Å². The number of ether oxygens (including phenoxy) is 2. The second-order valence-corrected chi connectivity index (χ2v) is 6.87. The van der Waals surface area contributed by atoms with Gasteiger partial charge in [0, 0.05) is 5.69 Å². The predicted octanol–water partition coefficient (Wildman–Crippen LogP) is 4.73. The summed E-state index contributed by atoms with van der Waals surface area (Å²) in [6, 6.07) is 14.9. The van der Waals surface area contributed by atoms with Crippen molar-refractivity contribution in [3.63, 3.8) is 0 Å². The lowest BCUT2D eigenvalue weighted by atomic mass is 10.2. The number of rotatable bonds is 10. The minimum Gasteiger partial charge on any atom is -0.491 e. The number of nitrogens with one attached hydrogen (secondary N) is 2. The smallest absolute Gasteiger partial charge is 0.243 e. The molecule has 0 aliphatic carbocycles. The number of amides is 1. The molecule has 5 heteroatoms. The fourth-order valence-electron chi connectivity index (χ4n) is 2.20. The average Bonchev–Trinajstić information content (AvgIpc) is 2.64. The zero-order valence-electron chi connectivity index (χ0n) is 16.2. The molecular weight excluding hydrogens is 340 g/mol. The fraction of sp³-hybridized carbons (Fsp3) is 0.318. The predicted molar refractivity (Wildman–Crippen MR) is 111 cm³/mol. The first-order chi connectivity index (χ1) is 12.9. The molecule has 0 atom stereocenters. The molecular formula is C22H28N2O3. The number of hydrogen-bond donors (Lipinski definition) is 2. The van der Waals surface area contributed by atoms with Crippen LogP contribution in [0, 0.1) is 5.92 Å². The van der Waals surface area contributed by atoms with Crippen LogP contribution >= 0.6 is 0 Å². The van der Waals surface area contributed by atoms with Crippen molar-refractivity contribution in [3.05, 3.63) is 60.7 Å². The summed E-state index contributed by atoms with van der Waals surface area (Å²) in [7, 11) is 0.